The Balaban J connectivity index is 2.20. The van der Waals surface area contributed by atoms with Crippen LogP contribution >= 0.6 is 0 Å². The molecular weight excluding hydrogens is 283 g/mol. The zero-order chi connectivity index (χ0) is 15.0. The van der Waals surface area contributed by atoms with Crippen molar-refractivity contribution < 1.29 is 17.5 Å². The molecule has 1 aromatic carbocycles. The van der Waals surface area contributed by atoms with Crippen molar-refractivity contribution in [1.29, 1.82) is 0 Å². The van der Waals surface area contributed by atoms with Gasteiger partial charge in [0.2, 0.25) is 10.0 Å². The van der Waals surface area contributed by atoms with Crippen LogP contribution in [0.25, 0.3) is 0 Å². The molecule has 0 saturated carbocycles. The van der Waals surface area contributed by atoms with Crippen LogP contribution < -0.4 is 14.8 Å². The molecule has 0 aliphatic rings. The summed E-state index contributed by atoms with van der Waals surface area (Å²) < 4.78 is 43.5. The molecular formula is C13H21FN2O3S. The number of ether oxygens (including phenoxy) is 1. The van der Waals surface area contributed by atoms with E-state index >= 15 is 0 Å². The first-order valence-corrected chi connectivity index (χ1v) is 8.18. The number of para-hydroxylation sites is 1. The summed E-state index contributed by atoms with van der Waals surface area (Å²) in [4.78, 5) is 0. The Bertz CT molecular complexity index is 508. The quantitative estimate of drug-likeness (QED) is 0.671. The van der Waals surface area contributed by atoms with Crippen molar-refractivity contribution in [2.24, 2.45) is 0 Å². The van der Waals surface area contributed by atoms with Crippen molar-refractivity contribution in [3.63, 3.8) is 0 Å². The minimum atomic E-state index is -3.16. The number of hydrogen-bond acceptors (Lipinski definition) is 4. The van der Waals surface area contributed by atoms with E-state index in [0.717, 1.165) is 0 Å². The van der Waals surface area contributed by atoms with Gasteiger partial charge >= 0.3 is 0 Å². The van der Waals surface area contributed by atoms with Gasteiger partial charge in [-0.15, -0.1) is 0 Å². The van der Waals surface area contributed by atoms with Crippen molar-refractivity contribution in [3.8, 4) is 5.75 Å². The SMILES string of the molecule is CCS(=O)(=O)NCC(C)NCCOc1ccccc1F. The second kappa shape index (κ2) is 8.18. The highest BCUT2D eigenvalue weighted by Crippen LogP contribution is 2.14. The topological polar surface area (TPSA) is 67.4 Å². The first-order chi connectivity index (χ1) is 9.44. The molecule has 0 radical (unpaired) electrons. The van der Waals surface area contributed by atoms with Crippen molar-refractivity contribution >= 4 is 10.0 Å². The summed E-state index contributed by atoms with van der Waals surface area (Å²) in [7, 11) is -3.16. The van der Waals surface area contributed by atoms with Crippen LogP contribution in [-0.4, -0.2) is 39.9 Å². The van der Waals surface area contributed by atoms with Crippen molar-refractivity contribution in [2.45, 2.75) is 19.9 Å². The average Bonchev–Trinajstić information content (AvgIpc) is 2.43. The summed E-state index contributed by atoms with van der Waals surface area (Å²) in [6.07, 6.45) is 0. The van der Waals surface area contributed by atoms with E-state index in [4.69, 9.17) is 4.74 Å². The summed E-state index contributed by atoms with van der Waals surface area (Å²) in [5.41, 5.74) is 0. The maximum Gasteiger partial charge on any atom is 0.211 e. The Morgan fingerprint density at radius 2 is 2.05 bits per heavy atom. The fourth-order valence-electron chi connectivity index (χ4n) is 1.45. The number of nitrogens with one attached hydrogen (secondary N) is 2. The molecule has 1 aromatic rings. The highest BCUT2D eigenvalue weighted by Gasteiger charge is 2.08. The lowest BCUT2D eigenvalue weighted by Gasteiger charge is -2.15. The summed E-state index contributed by atoms with van der Waals surface area (Å²) in [6.45, 7) is 4.58. The number of benzene rings is 1. The molecule has 0 amide bonds. The molecule has 20 heavy (non-hydrogen) atoms. The van der Waals surface area contributed by atoms with Gasteiger partial charge in [0.1, 0.15) is 6.61 Å². The van der Waals surface area contributed by atoms with Gasteiger partial charge in [-0.1, -0.05) is 12.1 Å². The third kappa shape index (κ3) is 6.31. The van der Waals surface area contributed by atoms with Crippen LogP contribution in [0.4, 0.5) is 4.39 Å². The molecule has 0 aromatic heterocycles. The van der Waals surface area contributed by atoms with Gasteiger partial charge in [0.05, 0.1) is 5.75 Å². The van der Waals surface area contributed by atoms with Gasteiger partial charge in [-0.05, 0) is 26.0 Å². The highest BCUT2D eigenvalue weighted by molar-refractivity contribution is 7.89. The van der Waals surface area contributed by atoms with Crippen molar-refractivity contribution in [3.05, 3.63) is 30.1 Å². The van der Waals surface area contributed by atoms with Crippen LogP contribution in [0, 0.1) is 5.82 Å². The third-order valence-electron chi connectivity index (χ3n) is 2.68. The fraction of sp³-hybridized carbons (Fsp3) is 0.538. The summed E-state index contributed by atoms with van der Waals surface area (Å²) in [6, 6.07) is 6.18. The summed E-state index contributed by atoms with van der Waals surface area (Å²) >= 11 is 0. The molecule has 0 heterocycles. The Kier molecular flexibility index (Phi) is 6.90. The number of halogens is 1. The zero-order valence-corrected chi connectivity index (χ0v) is 12.5. The van der Waals surface area contributed by atoms with Crippen LogP contribution in [-0.2, 0) is 10.0 Å². The lowest BCUT2D eigenvalue weighted by Crippen LogP contribution is -2.40. The molecule has 5 nitrogen and oxygen atoms in total. The molecule has 2 N–H and O–H groups in total. The lowest BCUT2D eigenvalue weighted by atomic mass is 10.3. The van der Waals surface area contributed by atoms with Crippen molar-refractivity contribution in [1.82, 2.24) is 10.0 Å². The number of rotatable bonds is 9. The molecule has 1 atom stereocenters. The molecule has 0 saturated heterocycles. The minimum Gasteiger partial charge on any atom is -0.489 e. The third-order valence-corrected chi connectivity index (χ3v) is 4.05. The van der Waals surface area contributed by atoms with Crippen molar-refractivity contribution in [2.75, 3.05) is 25.4 Å². The molecule has 0 spiro atoms. The Labute approximate surface area is 119 Å². The second-order valence-corrected chi connectivity index (χ2v) is 6.48. The molecule has 0 bridgehead atoms. The molecule has 1 unspecified atom stereocenters. The number of sulfonamides is 1. The van der Waals surface area contributed by atoms with Gasteiger partial charge in [0, 0.05) is 19.1 Å². The maximum atomic E-state index is 13.2. The van der Waals surface area contributed by atoms with Gasteiger partial charge in [0.25, 0.3) is 0 Å². The van der Waals surface area contributed by atoms with Crippen LogP contribution in [0.5, 0.6) is 5.75 Å². The van der Waals surface area contributed by atoms with E-state index in [1.54, 1.807) is 25.1 Å². The van der Waals surface area contributed by atoms with Gasteiger partial charge in [-0.3, -0.25) is 0 Å². The predicted molar refractivity (Wildman–Crippen MR) is 76.8 cm³/mol. The second-order valence-electron chi connectivity index (χ2n) is 4.39. The smallest absolute Gasteiger partial charge is 0.211 e. The fourth-order valence-corrected chi connectivity index (χ4v) is 2.16. The Morgan fingerprint density at radius 1 is 1.35 bits per heavy atom. The van der Waals surface area contributed by atoms with E-state index in [9.17, 15) is 12.8 Å². The van der Waals surface area contributed by atoms with Crippen LogP contribution in [0.2, 0.25) is 0 Å². The highest BCUT2D eigenvalue weighted by atomic mass is 32.2. The first kappa shape index (κ1) is 16.9. The van der Waals surface area contributed by atoms with E-state index < -0.39 is 15.8 Å². The first-order valence-electron chi connectivity index (χ1n) is 6.52. The van der Waals surface area contributed by atoms with Gasteiger partial charge in [-0.2, -0.15) is 0 Å². The Morgan fingerprint density at radius 3 is 2.70 bits per heavy atom. The van der Waals surface area contributed by atoms with E-state index in [2.05, 4.69) is 10.0 Å². The zero-order valence-electron chi connectivity index (χ0n) is 11.7. The van der Waals surface area contributed by atoms with E-state index in [1.165, 1.54) is 6.07 Å². The molecule has 0 aliphatic carbocycles. The molecule has 0 aliphatic heterocycles. The molecule has 7 heteroatoms. The van der Waals surface area contributed by atoms with E-state index in [1.807, 2.05) is 6.92 Å². The minimum absolute atomic E-state index is 0.0273. The summed E-state index contributed by atoms with van der Waals surface area (Å²) in [5.74, 6) is -0.110. The average molecular weight is 304 g/mol. The molecule has 1 rings (SSSR count). The molecule has 114 valence electrons. The summed E-state index contributed by atoms with van der Waals surface area (Å²) in [5, 5.41) is 3.09. The van der Waals surface area contributed by atoms with E-state index in [0.29, 0.717) is 19.7 Å². The monoisotopic (exact) mass is 304 g/mol. The van der Waals surface area contributed by atoms with Crippen LogP contribution in [0.15, 0.2) is 24.3 Å². The van der Waals surface area contributed by atoms with Crippen LogP contribution in [0.1, 0.15) is 13.8 Å². The standard InChI is InChI=1S/C13H21FN2O3S/c1-3-20(17,18)16-10-11(2)15-8-9-19-13-7-5-4-6-12(13)14/h4-7,11,15-16H,3,8-10H2,1-2H3. The number of hydrogen-bond donors (Lipinski definition) is 2. The van der Waals surface area contributed by atoms with Gasteiger partial charge in [0.15, 0.2) is 11.6 Å². The maximum absolute atomic E-state index is 13.2. The van der Waals surface area contributed by atoms with Gasteiger partial charge in [-0.25, -0.2) is 17.5 Å². The normalized spacial score (nSPS) is 13.2. The lowest BCUT2D eigenvalue weighted by molar-refractivity contribution is 0.293. The van der Waals surface area contributed by atoms with E-state index in [-0.39, 0.29) is 17.5 Å². The van der Waals surface area contributed by atoms with Crippen LogP contribution in [0.3, 0.4) is 0 Å². The molecule has 0 fully saturated rings. The predicted octanol–water partition coefficient (Wildman–Crippen LogP) is 1.12. The van der Waals surface area contributed by atoms with Gasteiger partial charge < -0.3 is 10.1 Å². The Hall–Kier alpha value is -1.18. The largest absolute Gasteiger partial charge is 0.489 e.